The fourth-order valence-corrected chi connectivity index (χ4v) is 2.97. The molecular formula is C15H14BrNO4S. The van der Waals surface area contributed by atoms with E-state index in [1.54, 1.807) is 42.5 Å². The maximum atomic E-state index is 12.1. The van der Waals surface area contributed by atoms with Gasteiger partial charge in [-0.1, -0.05) is 34.1 Å². The number of hydrogen-bond donors (Lipinski definition) is 1. The number of hydrogen-bond acceptors (Lipinski definition) is 4. The molecule has 0 saturated carbocycles. The molecule has 0 heterocycles. The minimum absolute atomic E-state index is 0.0270. The minimum atomic E-state index is -3.89. The number of carbonyl (C=O) groups is 1. The highest BCUT2D eigenvalue weighted by Crippen LogP contribution is 2.17. The van der Waals surface area contributed by atoms with Crippen molar-refractivity contribution in [2.24, 2.45) is 0 Å². The van der Waals surface area contributed by atoms with E-state index in [1.807, 2.05) is 4.72 Å². The molecule has 0 aliphatic carbocycles. The Balaban J connectivity index is 2.04. The summed E-state index contributed by atoms with van der Waals surface area (Å²) < 4.78 is 32.4. The van der Waals surface area contributed by atoms with Crippen molar-refractivity contribution in [3.8, 4) is 5.75 Å². The Morgan fingerprint density at radius 2 is 1.68 bits per heavy atom. The molecule has 2 aromatic rings. The van der Waals surface area contributed by atoms with E-state index in [1.165, 1.54) is 19.1 Å². The Labute approximate surface area is 137 Å². The molecule has 1 atom stereocenters. The van der Waals surface area contributed by atoms with Crippen LogP contribution in [-0.4, -0.2) is 20.4 Å². The average Bonchev–Trinajstić information content (AvgIpc) is 2.50. The molecule has 2 aromatic carbocycles. The van der Waals surface area contributed by atoms with Crippen LogP contribution in [0.2, 0.25) is 0 Å². The number of benzene rings is 2. The highest BCUT2D eigenvalue weighted by atomic mass is 79.9. The summed E-state index contributed by atoms with van der Waals surface area (Å²) >= 11 is 3.29. The molecule has 0 aromatic heterocycles. The molecule has 1 unspecified atom stereocenters. The van der Waals surface area contributed by atoms with Gasteiger partial charge in [0.05, 0.1) is 4.90 Å². The molecule has 0 radical (unpaired) electrons. The maximum absolute atomic E-state index is 12.1. The normalized spacial score (nSPS) is 12.5. The number of nitrogens with one attached hydrogen (secondary N) is 1. The van der Waals surface area contributed by atoms with Gasteiger partial charge in [-0.2, -0.15) is 0 Å². The summed E-state index contributed by atoms with van der Waals surface area (Å²) in [5.41, 5.74) is 0. The van der Waals surface area contributed by atoms with Crippen LogP contribution < -0.4 is 9.46 Å². The van der Waals surface area contributed by atoms with Gasteiger partial charge in [0.15, 0.2) is 6.10 Å². The van der Waals surface area contributed by atoms with E-state index in [0.717, 1.165) is 4.47 Å². The first-order chi connectivity index (χ1) is 10.4. The van der Waals surface area contributed by atoms with Crippen molar-refractivity contribution in [1.29, 1.82) is 0 Å². The number of carbonyl (C=O) groups excluding carboxylic acids is 1. The van der Waals surface area contributed by atoms with Crippen LogP contribution in [0.3, 0.4) is 0 Å². The van der Waals surface area contributed by atoms with Crippen LogP contribution in [0.25, 0.3) is 0 Å². The topological polar surface area (TPSA) is 72.5 Å². The van der Waals surface area contributed by atoms with Crippen molar-refractivity contribution >= 4 is 31.9 Å². The van der Waals surface area contributed by atoms with Crippen LogP contribution in [0.1, 0.15) is 6.92 Å². The second kappa shape index (κ2) is 6.93. The van der Waals surface area contributed by atoms with Crippen LogP contribution in [0.4, 0.5) is 0 Å². The molecule has 1 amide bonds. The third-order valence-electron chi connectivity index (χ3n) is 2.78. The summed E-state index contributed by atoms with van der Waals surface area (Å²) in [7, 11) is -3.89. The fraction of sp³-hybridized carbons (Fsp3) is 0.133. The monoisotopic (exact) mass is 383 g/mol. The van der Waals surface area contributed by atoms with Crippen molar-refractivity contribution < 1.29 is 17.9 Å². The van der Waals surface area contributed by atoms with Gasteiger partial charge in [-0.3, -0.25) is 4.79 Å². The molecule has 116 valence electrons. The highest BCUT2D eigenvalue weighted by molar-refractivity contribution is 9.10. The maximum Gasteiger partial charge on any atom is 0.274 e. The van der Waals surface area contributed by atoms with E-state index < -0.39 is 22.0 Å². The third-order valence-corrected chi connectivity index (χ3v) is 4.68. The summed E-state index contributed by atoms with van der Waals surface area (Å²) in [6.07, 6.45) is -0.945. The first kappa shape index (κ1) is 16.5. The van der Waals surface area contributed by atoms with Crippen molar-refractivity contribution in [2.75, 3.05) is 0 Å². The average molecular weight is 384 g/mol. The van der Waals surface area contributed by atoms with Gasteiger partial charge in [-0.15, -0.1) is 0 Å². The first-order valence-corrected chi connectivity index (χ1v) is 8.70. The Bertz CT molecular complexity index is 745. The van der Waals surface area contributed by atoms with Crippen LogP contribution in [0, 0.1) is 0 Å². The molecule has 7 heteroatoms. The van der Waals surface area contributed by atoms with Crippen LogP contribution in [0.5, 0.6) is 5.75 Å². The fourth-order valence-electron chi connectivity index (χ4n) is 1.64. The van der Waals surface area contributed by atoms with Gasteiger partial charge in [-0.05, 0) is 43.3 Å². The molecule has 0 bridgehead atoms. The molecule has 2 rings (SSSR count). The lowest BCUT2D eigenvalue weighted by atomic mass is 10.3. The van der Waals surface area contributed by atoms with Gasteiger partial charge in [-0.25, -0.2) is 13.1 Å². The molecule has 5 nitrogen and oxygen atoms in total. The summed E-state index contributed by atoms with van der Waals surface area (Å²) in [4.78, 5) is 12.0. The van der Waals surface area contributed by atoms with Crippen LogP contribution in [-0.2, 0) is 14.8 Å². The summed E-state index contributed by atoms with van der Waals surface area (Å²) in [5, 5.41) is 0. The Kier molecular flexibility index (Phi) is 5.20. The second-order valence-electron chi connectivity index (χ2n) is 4.50. The molecule has 0 aliphatic rings. The highest BCUT2D eigenvalue weighted by Gasteiger charge is 2.22. The SMILES string of the molecule is CC(Oc1ccc(Br)cc1)C(=O)NS(=O)(=O)c1ccccc1. The summed E-state index contributed by atoms with van der Waals surface area (Å²) in [6, 6.07) is 14.6. The lowest BCUT2D eigenvalue weighted by Crippen LogP contribution is -2.39. The van der Waals surface area contributed by atoms with Crippen LogP contribution in [0.15, 0.2) is 64.0 Å². The Morgan fingerprint density at radius 1 is 1.09 bits per heavy atom. The molecule has 0 spiro atoms. The Hall–Kier alpha value is -1.86. The summed E-state index contributed by atoms with van der Waals surface area (Å²) in [5.74, 6) is -0.255. The van der Waals surface area contributed by atoms with Gasteiger partial charge in [0, 0.05) is 4.47 Å². The predicted octanol–water partition coefficient (Wildman–Crippen LogP) is 2.72. The van der Waals surface area contributed by atoms with E-state index in [0.29, 0.717) is 5.75 Å². The number of amides is 1. The number of ether oxygens (including phenoxy) is 1. The number of halogens is 1. The third kappa shape index (κ3) is 4.32. The molecule has 0 fully saturated rings. The van der Waals surface area contributed by atoms with Crippen LogP contribution >= 0.6 is 15.9 Å². The van der Waals surface area contributed by atoms with Crippen molar-refractivity contribution in [2.45, 2.75) is 17.9 Å². The standard InChI is InChI=1S/C15H14BrNO4S/c1-11(21-13-9-7-12(16)8-10-13)15(18)17-22(19,20)14-5-3-2-4-6-14/h2-11H,1H3,(H,17,18). The first-order valence-electron chi connectivity index (χ1n) is 6.42. The molecular weight excluding hydrogens is 370 g/mol. The van der Waals surface area contributed by atoms with Crippen molar-refractivity contribution in [1.82, 2.24) is 4.72 Å². The van der Waals surface area contributed by atoms with Gasteiger partial charge >= 0.3 is 0 Å². The zero-order valence-corrected chi connectivity index (χ0v) is 14.1. The van der Waals surface area contributed by atoms with E-state index in [4.69, 9.17) is 4.74 Å². The van der Waals surface area contributed by atoms with E-state index in [-0.39, 0.29) is 4.90 Å². The number of sulfonamides is 1. The Morgan fingerprint density at radius 3 is 2.27 bits per heavy atom. The van der Waals surface area contributed by atoms with E-state index >= 15 is 0 Å². The van der Waals surface area contributed by atoms with E-state index in [9.17, 15) is 13.2 Å². The second-order valence-corrected chi connectivity index (χ2v) is 7.09. The predicted molar refractivity (Wildman–Crippen MR) is 86.0 cm³/mol. The lowest BCUT2D eigenvalue weighted by Gasteiger charge is -2.15. The largest absolute Gasteiger partial charge is 0.481 e. The van der Waals surface area contributed by atoms with Gasteiger partial charge in [0.25, 0.3) is 15.9 Å². The van der Waals surface area contributed by atoms with Crippen molar-refractivity contribution in [3.63, 3.8) is 0 Å². The molecule has 0 aliphatic heterocycles. The zero-order chi connectivity index (χ0) is 16.2. The lowest BCUT2D eigenvalue weighted by molar-refractivity contribution is -0.125. The van der Waals surface area contributed by atoms with Gasteiger partial charge in [0.2, 0.25) is 0 Å². The summed E-state index contributed by atoms with van der Waals surface area (Å²) in [6.45, 7) is 1.48. The molecule has 22 heavy (non-hydrogen) atoms. The quantitative estimate of drug-likeness (QED) is 0.861. The minimum Gasteiger partial charge on any atom is -0.481 e. The van der Waals surface area contributed by atoms with Gasteiger partial charge < -0.3 is 4.74 Å². The van der Waals surface area contributed by atoms with Crippen molar-refractivity contribution in [3.05, 3.63) is 59.1 Å². The smallest absolute Gasteiger partial charge is 0.274 e. The van der Waals surface area contributed by atoms with E-state index in [2.05, 4.69) is 15.9 Å². The molecule has 0 saturated heterocycles. The van der Waals surface area contributed by atoms with Gasteiger partial charge in [0.1, 0.15) is 5.75 Å². The molecule has 1 N–H and O–H groups in total. The number of rotatable bonds is 5. The zero-order valence-electron chi connectivity index (χ0n) is 11.7.